The number of methoxy groups -OCH3 is 1. The Morgan fingerprint density at radius 3 is 2.54 bits per heavy atom. The van der Waals surface area contributed by atoms with Crippen molar-refractivity contribution in [3.8, 4) is 17.7 Å². The summed E-state index contributed by atoms with van der Waals surface area (Å²) in [4.78, 5) is 33.9. The number of carbonyl (C=O) groups is 1. The Balaban J connectivity index is 1.51. The quantitative estimate of drug-likeness (QED) is 0.328. The minimum absolute atomic E-state index is 0.0197. The second-order valence-corrected chi connectivity index (χ2v) is 8.34. The van der Waals surface area contributed by atoms with Gasteiger partial charge >= 0.3 is 0 Å². The van der Waals surface area contributed by atoms with E-state index in [1.54, 1.807) is 31.5 Å². The Labute approximate surface area is 213 Å². The Morgan fingerprint density at radius 1 is 1.11 bits per heavy atom. The Kier molecular flexibility index (Phi) is 9.53. The van der Waals surface area contributed by atoms with Crippen LogP contribution in [0.1, 0.15) is 41.7 Å². The highest BCUT2D eigenvalue weighted by atomic mass is 35.5. The Hall–Kier alpha value is -3.54. The predicted molar refractivity (Wildman–Crippen MR) is 137 cm³/mol. The molecule has 2 N–H and O–H groups in total. The first-order valence-corrected chi connectivity index (χ1v) is 11.7. The topological polar surface area (TPSA) is 98.1 Å². The van der Waals surface area contributed by atoms with Crippen LogP contribution in [0.3, 0.4) is 0 Å². The summed E-state index contributed by atoms with van der Waals surface area (Å²) in [5.74, 6) is 6.47. The van der Waals surface area contributed by atoms with Gasteiger partial charge in [-0.3, -0.25) is 9.59 Å². The summed E-state index contributed by atoms with van der Waals surface area (Å²) in [6, 6.07) is 9.88. The summed E-state index contributed by atoms with van der Waals surface area (Å²) in [6.45, 7) is 2.73. The van der Waals surface area contributed by atoms with Gasteiger partial charge in [-0.1, -0.05) is 35.3 Å². The summed E-state index contributed by atoms with van der Waals surface area (Å²) in [6.07, 6.45) is 4.15. The summed E-state index contributed by atoms with van der Waals surface area (Å²) in [5.41, 5.74) is 0.424. The van der Waals surface area contributed by atoms with Gasteiger partial charge in [-0.2, -0.15) is 4.98 Å². The highest BCUT2D eigenvalue weighted by Gasteiger charge is 2.17. The fourth-order valence-corrected chi connectivity index (χ4v) is 3.55. The van der Waals surface area contributed by atoms with E-state index in [9.17, 15) is 9.59 Å². The fourth-order valence-electron chi connectivity index (χ4n) is 3.21. The third-order valence-corrected chi connectivity index (χ3v) is 5.52. The number of halogens is 2. The van der Waals surface area contributed by atoms with E-state index in [1.807, 2.05) is 19.1 Å². The molecule has 0 fully saturated rings. The monoisotopic (exact) mass is 513 g/mol. The number of ether oxygens (including phenoxy) is 1. The number of nitrogens with one attached hydrogen (secondary N) is 2. The number of pyridine rings is 1. The van der Waals surface area contributed by atoms with E-state index in [-0.39, 0.29) is 11.6 Å². The third kappa shape index (κ3) is 7.47. The zero-order chi connectivity index (χ0) is 25.2. The second kappa shape index (κ2) is 12.8. The van der Waals surface area contributed by atoms with E-state index >= 15 is 0 Å². The Morgan fingerprint density at radius 2 is 1.83 bits per heavy atom. The average Bonchev–Trinajstić information content (AvgIpc) is 2.86. The largest absolute Gasteiger partial charge is 0.481 e. The van der Waals surface area contributed by atoms with Crippen LogP contribution < -0.4 is 20.9 Å². The number of rotatable bonds is 9. The molecule has 35 heavy (non-hydrogen) atoms. The molecule has 0 saturated heterocycles. The smallest absolute Gasteiger partial charge is 0.264 e. The highest BCUT2D eigenvalue weighted by Crippen LogP contribution is 2.20. The zero-order valence-electron chi connectivity index (χ0n) is 19.3. The molecule has 2 heterocycles. The fraction of sp³-hybridized carbons (Fsp3) is 0.280. The summed E-state index contributed by atoms with van der Waals surface area (Å²) < 4.78 is 6.49. The van der Waals surface area contributed by atoms with Crippen LogP contribution in [0.15, 0.2) is 53.6 Å². The van der Waals surface area contributed by atoms with Gasteiger partial charge in [-0.15, -0.1) is 11.8 Å². The number of aromatic nitrogens is 3. The third-order valence-electron chi connectivity index (χ3n) is 5.06. The first-order valence-electron chi connectivity index (χ1n) is 10.9. The molecule has 0 spiro atoms. The van der Waals surface area contributed by atoms with E-state index in [0.717, 1.165) is 5.56 Å². The van der Waals surface area contributed by atoms with E-state index < -0.39 is 11.5 Å². The normalized spacial score (nSPS) is 11.2. The molecule has 3 aromatic rings. The van der Waals surface area contributed by atoms with Crippen LogP contribution in [0.5, 0.6) is 5.88 Å². The maximum Gasteiger partial charge on any atom is 0.264 e. The van der Waals surface area contributed by atoms with Crippen molar-refractivity contribution in [1.29, 1.82) is 0 Å². The van der Waals surface area contributed by atoms with Gasteiger partial charge in [0.25, 0.3) is 11.5 Å². The van der Waals surface area contributed by atoms with Gasteiger partial charge in [-0.25, -0.2) is 4.98 Å². The zero-order valence-corrected chi connectivity index (χ0v) is 20.9. The standard InChI is InChI=1S/C25H25Cl2N5O3/c1-17(18-7-9-19(26)10-8-18)32-16-20(27)15-21(24(32)34)23(33)28-12-5-3-4-6-13-29-25-30-14-11-22(31-25)35-2/h7-11,14-17H,5-6,12-13H2,1-2H3,(H,28,33)(H,29,30,31). The number of nitrogens with zero attached hydrogens (tertiary/aromatic N) is 3. The predicted octanol–water partition coefficient (Wildman–Crippen LogP) is 4.19. The van der Waals surface area contributed by atoms with Gasteiger partial charge < -0.3 is 19.9 Å². The highest BCUT2D eigenvalue weighted by molar-refractivity contribution is 6.31. The van der Waals surface area contributed by atoms with Crippen LogP contribution in [0.2, 0.25) is 10.0 Å². The van der Waals surface area contributed by atoms with E-state index in [4.69, 9.17) is 27.9 Å². The summed E-state index contributed by atoms with van der Waals surface area (Å²) in [5, 5.41) is 6.69. The van der Waals surface area contributed by atoms with Crippen LogP contribution in [-0.4, -0.2) is 40.6 Å². The van der Waals surface area contributed by atoms with Gasteiger partial charge in [0.15, 0.2) is 0 Å². The number of hydrogen-bond donors (Lipinski definition) is 2. The Bertz CT molecular complexity index is 1280. The van der Waals surface area contributed by atoms with E-state index in [1.165, 1.54) is 16.8 Å². The lowest BCUT2D eigenvalue weighted by atomic mass is 10.1. The molecule has 3 rings (SSSR count). The lowest BCUT2D eigenvalue weighted by Crippen LogP contribution is -2.34. The molecular formula is C25H25Cl2N5O3. The lowest BCUT2D eigenvalue weighted by molar-refractivity contribution is 0.0952. The van der Waals surface area contributed by atoms with Crippen LogP contribution >= 0.6 is 23.2 Å². The number of amides is 1. The molecular weight excluding hydrogens is 489 g/mol. The minimum atomic E-state index is -0.492. The number of hydrogen-bond acceptors (Lipinski definition) is 6. The van der Waals surface area contributed by atoms with Crippen LogP contribution in [0, 0.1) is 11.8 Å². The molecule has 0 aliphatic rings. The van der Waals surface area contributed by atoms with Crippen molar-refractivity contribution in [3.63, 3.8) is 0 Å². The van der Waals surface area contributed by atoms with Crippen molar-refractivity contribution in [1.82, 2.24) is 19.9 Å². The maximum absolute atomic E-state index is 13.0. The van der Waals surface area contributed by atoms with E-state index in [2.05, 4.69) is 32.4 Å². The van der Waals surface area contributed by atoms with Gasteiger partial charge in [0.05, 0.1) is 18.2 Å². The molecule has 0 saturated carbocycles. The molecule has 1 aromatic carbocycles. The number of carbonyl (C=O) groups excluding carboxylic acids is 1. The molecule has 1 unspecified atom stereocenters. The van der Waals surface area contributed by atoms with Crippen molar-refractivity contribution in [2.45, 2.75) is 25.8 Å². The van der Waals surface area contributed by atoms with Crippen molar-refractivity contribution in [2.75, 3.05) is 25.5 Å². The number of anilines is 1. The van der Waals surface area contributed by atoms with Gasteiger partial charge in [0.2, 0.25) is 11.8 Å². The maximum atomic E-state index is 13.0. The van der Waals surface area contributed by atoms with Gasteiger partial charge in [0.1, 0.15) is 5.56 Å². The molecule has 2 aromatic heterocycles. The second-order valence-electron chi connectivity index (χ2n) is 7.47. The molecule has 1 amide bonds. The van der Waals surface area contributed by atoms with Gasteiger partial charge in [0, 0.05) is 49.4 Å². The SMILES string of the molecule is COc1ccnc(NCCC#CCCNC(=O)c2cc(Cl)cn(C(C)c3ccc(Cl)cc3)c2=O)n1. The molecule has 182 valence electrons. The summed E-state index contributed by atoms with van der Waals surface area (Å²) in [7, 11) is 1.54. The van der Waals surface area contributed by atoms with Crippen LogP contribution in [-0.2, 0) is 0 Å². The first kappa shape index (κ1) is 26.1. The first-order chi connectivity index (χ1) is 16.9. The van der Waals surface area contributed by atoms with Crippen molar-refractivity contribution < 1.29 is 9.53 Å². The molecule has 10 heteroatoms. The molecule has 1 atom stereocenters. The van der Waals surface area contributed by atoms with Gasteiger partial charge in [-0.05, 0) is 30.7 Å². The minimum Gasteiger partial charge on any atom is -0.481 e. The van der Waals surface area contributed by atoms with Crippen LogP contribution in [0.25, 0.3) is 0 Å². The van der Waals surface area contributed by atoms with Crippen molar-refractivity contribution >= 4 is 35.1 Å². The molecule has 0 radical (unpaired) electrons. The van der Waals surface area contributed by atoms with E-state index in [0.29, 0.717) is 47.8 Å². The average molecular weight is 514 g/mol. The molecule has 0 aliphatic carbocycles. The molecule has 8 nitrogen and oxygen atoms in total. The summed E-state index contributed by atoms with van der Waals surface area (Å²) >= 11 is 12.2. The van der Waals surface area contributed by atoms with Crippen LogP contribution in [0.4, 0.5) is 5.95 Å². The lowest BCUT2D eigenvalue weighted by Gasteiger charge is -2.17. The molecule has 0 bridgehead atoms. The molecule has 0 aliphatic heterocycles. The number of benzene rings is 1. The van der Waals surface area contributed by atoms with Crippen molar-refractivity contribution in [2.24, 2.45) is 0 Å². The van der Waals surface area contributed by atoms with Crippen molar-refractivity contribution in [3.05, 3.63) is 80.3 Å².